The van der Waals surface area contributed by atoms with Gasteiger partial charge in [-0.25, -0.2) is 0 Å². The van der Waals surface area contributed by atoms with Crippen LogP contribution in [0.1, 0.15) is 56.6 Å². The first-order chi connectivity index (χ1) is 10.2. The first kappa shape index (κ1) is 14.9. The minimum Gasteiger partial charge on any atom is -0.399 e. The molecule has 1 atom stereocenters. The van der Waals surface area contributed by atoms with Crippen LogP contribution in [0, 0.1) is 5.41 Å². The number of hydrogen-bond donors (Lipinski definition) is 2. The van der Waals surface area contributed by atoms with Crippen molar-refractivity contribution in [2.75, 3.05) is 25.4 Å². The van der Waals surface area contributed by atoms with Crippen molar-refractivity contribution in [3.05, 3.63) is 29.8 Å². The normalized spacial score (nSPS) is 24.0. The molecule has 1 spiro atoms. The molecule has 0 bridgehead atoms. The molecule has 1 aliphatic carbocycles. The maximum absolute atomic E-state index is 10.4. The number of hydrogen-bond acceptors (Lipinski definition) is 3. The standard InChI is InChI=1S/C18H28N2O/c19-16-6-4-15(5-7-16)17(21)14-20-12-10-18(11-13-20)8-2-1-3-9-18/h4-7,17,21H,1-3,8-14,19H2. The number of nitrogen functional groups attached to an aromatic ring is 1. The number of aliphatic hydroxyl groups is 1. The SMILES string of the molecule is Nc1ccc(C(O)CN2CCC3(CCCCC3)CC2)cc1. The van der Waals surface area contributed by atoms with Crippen molar-refractivity contribution in [2.45, 2.75) is 51.0 Å². The van der Waals surface area contributed by atoms with Gasteiger partial charge in [-0.2, -0.15) is 0 Å². The van der Waals surface area contributed by atoms with E-state index in [1.54, 1.807) is 0 Å². The van der Waals surface area contributed by atoms with Gasteiger partial charge in [0.25, 0.3) is 0 Å². The van der Waals surface area contributed by atoms with Crippen LogP contribution in [0.4, 0.5) is 5.69 Å². The van der Waals surface area contributed by atoms with Crippen LogP contribution in [0.5, 0.6) is 0 Å². The summed E-state index contributed by atoms with van der Waals surface area (Å²) < 4.78 is 0. The first-order valence-corrected chi connectivity index (χ1v) is 8.43. The van der Waals surface area contributed by atoms with Crippen LogP contribution in [0.15, 0.2) is 24.3 Å². The molecule has 0 radical (unpaired) electrons. The Morgan fingerprint density at radius 3 is 2.24 bits per heavy atom. The minimum absolute atomic E-state index is 0.397. The molecule has 1 aromatic carbocycles. The van der Waals surface area contributed by atoms with Crippen molar-refractivity contribution in [1.82, 2.24) is 4.90 Å². The summed E-state index contributed by atoms with van der Waals surface area (Å²) in [6, 6.07) is 7.61. The Bertz CT molecular complexity index is 441. The van der Waals surface area contributed by atoms with Crippen LogP contribution in [0.2, 0.25) is 0 Å². The number of piperidine rings is 1. The minimum atomic E-state index is -0.397. The van der Waals surface area contributed by atoms with E-state index < -0.39 is 6.10 Å². The fraction of sp³-hybridized carbons (Fsp3) is 0.667. The molecule has 1 unspecified atom stereocenters. The molecule has 21 heavy (non-hydrogen) atoms. The fourth-order valence-corrected chi connectivity index (χ4v) is 4.08. The van der Waals surface area contributed by atoms with Gasteiger partial charge in [0, 0.05) is 12.2 Å². The molecule has 1 saturated heterocycles. The average molecular weight is 288 g/mol. The van der Waals surface area contributed by atoms with Gasteiger partial charge in [-0.15, -0.1) is 0 Å². The lowest BCUT2D eigenvalue weighted by molar-refractivity contribution is 0.0380. The molecule has 3 rings (SSSR count). The van der Waals surface area contributed by atoms with Crippen LogP contribution in [-0.2, 0) is 0 Å². The van der Waals surface area contributed by atoms with Gasteiger partial charge in [0.05, 0.1) is 6.10 Å². The lowest BCUT2D eigenvalue weighted by Crippen LogP contribution is -2.42. The Morgan fingerprint density at radius 2 is 1.62 bits per heavy atom. The number of nitrogens with two attached hydrogens (primary N) is 1. The summed E-state index contributed by atoms with van der Waals surface area (Å²) in [6.45, 7) is 3.04. The van der Waals surface area contributed by atoms with Crippen molar-refractivity contribution >= 4 is 5.69 Å². The smallest absolute Gasteiger partial charge is 0.0916 e. The quantitative estimate of drug-likeness (QED) is 0.839. The summed E-state index contributed by atoms with van der Waals surface area (Å²) >= 11 is 0. The molecule has 2 aliphatic rings. The van der Waals surface area contributed by atoms with Crippen LogP contribution in [0.3, 0.4) is 0 Å². The van der Waals surface area contributed by atoms with Crippen LogP contribution < -0.4 is 5.73 Å². The zero-order chi connectivity index (χ0) is 14.7. The Morgan fingerprint density at radius 1 is 1.00 bits per heavy atom. The number of aliphatic hydroxyl groups excluding tert-OH is 1. The topological polar surface area (TPSA) is 49.5 Å². The maximum atomic E-state index is 10.4. The molecule has 3 heteroatoms. The molecular formula is C18H28N2O. The highest BCUT2D eigenvalue weighted by Crippen LogP contribution is 2.44. The second-order valence-electron chi connectivity index (χ2n) is 7.04. The fourth-order valence-electron chi connectivity index (χ4n) is 4.08. The van der Waals surface area contributed by atoms with Crippen molar-refractivity contribution in [2.24, 2.45) is 5.41 Å². The summed E-state index contributed by atoms with van der Waals surface area (Å²) in [6.07, 6.45) is 9.39. The molecule has 1 aromatic rings. The lowest BCUT2D eigenvalue weighted by Gasteiger charge is -2.44. The van der Waals surface area contributed by atoms with Crippen molar-refractivity contribution in [3.63, 3.8) is 0 Å². The molecule has 116 valence electrons. The molecular weight excluding hydrogens is 260 g/mol. The monoisotopic (exact) mass is 288 g/mol. The van der Waals surface area contributed by atoms with Crippen LogP contribution in [-0.4, -0.2) is 29.6 Å². The summed E-state index contributed by atoms with van der Waals surface area (Å²) in [5.74, 6) is 0. The van der Waals surface area contributed by atoms with Gasteiger partial charge in [-0.05, 0) is 61.9 Å². The van der Waals surface area contributed by atoms with E-state index >= 15 is 0 Å². The molecule has 0 amide bonds. The molecule has 2 fully saturated rings. The zero-order valence-corrected chi connectivity index (χ0v) is 12.9. The van der Waals surface area contributed by atoms with Gasteiger partial charge >= 0.3 is 0 Å². The molecule has 1 aliphatic heterocycles. The predicted molar refractivity (Wildman–Crippen MR) is 87.0 cm³/mol. The highest BCUT2D eigenvalue weighted by atomic mass is 16.3. The van der Waals surface area contributed by atoms with Crippen molar-refractivity contribution in [1.29, 1.82) is 0 Å². The Kier molecular flexibility index (Phi) is 4.51. The lowest BCUT2D eigenvalue weighted by atomic mass is 9.68. The van der Waals surface area contributed by atoms with Gasteiger partial charge in [0.15, 0.2) is 0 Å². The number of anilines is 1. The third-order valence-corrected chi connectivity index (χ3v) is 5.58. The molecule has 3 nitrogen and oxygen atoms in total. The predicted octanol–water partition coefficient (Wildman–Crippen LogP) is 3.35. The van der Waals surface area contributed by atoms with E-state index in [-0.39, 0.29) is 0 Å². The highest BCUT2D eigenvalue weighted by Gasteiger charge is 2.35. The van der Waals surface area contributed by atoms with E-state index in [1.807, 2.05) is 24.3 Å². The second kappa shape index (κ2) is 6.37. The highest BCUT2D eigenvalue weighted by molar-refractivity contribution is 5.39. The van der Waals surface area contributed by atoms with E-state index in [2.05, 4.69) is 4.90 Å². The second-order valence-corrected chi connectivity index (χ2v) is 7.04. The first-order valence-electron chi connectivity index (χ1n) is 8.43. The van der Waals surface area contributed by atoms with Gasteiger partial charge < -0.3 is 15.7 Å². The van der Waals surface area contributed by atoms with Crippen molar-refractivity contribution in [3.8, 4) is 0 Å². The Labute approximate surface area is 128 Å². The number of rotatable bonds is 3. The summed E-state index contributed by atoms with van der Waals surface area (Å²) in [5, 5.41) is 10.4. The van der Waals surface area contributed by atoms with Gasteiger partial charge in [-0.3, -0.25) is 0 Å². The Balaban J connectivity index is 1.51. The van der Waals surface area contributed by atoms with E-state index in [0.717, 1.165) is 30.9 Å². The van der Waals surface area contributed by atoms with Gasteiger partial charge in [-0.1, -0.05) is 31.4 Å². The summed E-state index contributed by atoms with van der Waals surface area (Å²) in [5.41, 5.74) is 8.07. The largest absolute Gasteiger partial charge is 0.399 e. The average Bonchev–Trinajstić information content (AvgIpc) is 2.51. The van der Waals surface area contributed by atoms with Crippen molar-refractivity contribution < 1.29 is 5.11 Å². The summed E-state index contributed by atoms with van der Waals surface area (Å²) in [7, 11) is 0. The zero-order valence-electron chi connectivity index (χ0n) is 12.9. The number of nitrogens with zero attached hydrogens (tertiary/aromatic N) is 1. The number of likely N-dealkylation sites (tertiary alicyclic amines) is 1. The van der Waals surface area contributed by atoms with E-state index in [0.29, 0.717) is 5.41 Å². The number of β-amino-alcohol motifs (C(OH)–C–C–N with tert-alkyl or cyclic N) is 1. The van der Waals surface area contributed by atoms with E-state index in [9.17, 15) is 5.11 Å². The molecule has 0 aromatic heterocycles. The third kappa shape index (κ3) is 3.58. The molecule has 1 heterocycles. The van der Waals surface area contributed by atoms with Gasteiger partial charge in [0.1, 0.15) is 0 Å². The van der Waals surface area contributed by atoms with E-state index in [1.165, 1.54) is 44.9 Å². The summed E-state index contributed by atoms with van der Waals surface area (Å²) in [4.78, 5) is 2.43. The number of benzene rings is 1. The Hall–Kier alpha value is -1.06. The maximum Gasteiger partial charge on any atom is 0.0916 e. The van der Waals surface area contributed by atoms with Crippen LogP contribution in [0.25, 0.3) is 0 Å². The van der Waals surface area contributed by atoms with E-state index in [4.69, 9.17) is 5.73 Å². The third-order valence-electron chi connectivity index (χ3n) is 5.58. The molecule has 1 saturated carbocycles. The van der Waals surface area contributed by atoms with Crippen LogP contribution >= 0.6 is 0 Å². The molecule has 3 N–H and O–H groups in total. The van der Waals surface area contributed by atoms with Gasteiger partial charge in [0.2, 0.25) is 0 Å².